The molecule has 98 valence electrons. The van der Waals surface area contributed by atoms with Crippen LogP contribution < -0.4 is 5.73 Å². The molecule has 1 saturated carbocycles. The Bertz CT molecular complexity index is 290. The average molecular weight is 258 g/mol. The number of nitrogens with zero attached hydrogens (tertiary/aromatic N) is 1. The molecular formula is C12H22N2O2S. The van der Waals surface area contributed by atoms with Gasteiger partial charge in [-0.15, -0.1) is 0 Å². The molecule has 0 aromatic carbocycles. The summed E-state index contributed by atoms with van der Waals surface area (Å²) in [6, 6.07) is 0.269. The van der Waals surface area contributed by atoms with Gasteiger partial charge in [-0.25, -0.2) is 0 Å². The molecule has 0 aliphatic heterocycles. The molecule has 0 saturated heterocycles. The van der Waals surface area contributed by atoms with Crippen LogP contribution in [0.15, 0.2) is 0 Å². The van der Waals surface area contributed by atoms with Crippen LogP contribution in [0, 0.1) is 11.8 Å². The summed E-state index contributed by atoms with van der Waals surface area (Å²) in [5.41, 5.74) is 5.65. The van der Waals surface area contributed by atoms with Crippen molar-refractivity contribution in [2.24, 2.45) is 17.6 Å². The van der Waals surface area contributed by atoms with Gasteiger partial charge in [0, 0.05) is 12.6 Å². The second kappa shape index (κ2) is 6.31. The molecule has 1 aliphatic rings. The SMILES string of the molecule is CC(C)C(C(=O)N(CCO)C1CCC1)C(N)=S. The number of aliphatic hydroxyl groups excluding tert-OH is 1. The van der Waals surface area contributed by atoms with E-state index < -0.39 is 5.92 Å². The van der Waals surface area contributed by atoms with Gasteiger partial charge in [0.25, 0.3) is 0 Å². The molecule has 1 aliphatic carbocycles. The summed E-state index contributed by atoms with van der Waals surface area (Å²) in [6.45, 7) is 4.26. The van der Waals surface area contributed by atoms with Gasteiger partial charge in [-0.1, -0.05) is 26.1 Å². The second-order valence-corrected chi connectivity index (χ2v) is 5.44. The molecule has 1 fully saturated rings. The van der Waals surface area contributed by atoms with E-state index in [9.17, 15) is 4.79 Å². The number of rotatable bonds is 6. The third kappa shape index (κ3) is 3.39. The van der Waals surface area contributed by atoms with Gasteiger partial charge in [0.2, 0.25) is 5.91 Å². The van der Waals surface area contributed by atoms with Gasteiger partial charge in [-0.05, 0) is 25.2 Å². The van der Waals surface area contributed by atoms with E-state index in [1.54, 1.807) is 4.90 Å². The summed E-state index contributed by atoms with van der Waals surface area (Å²) >= 11 is 4.98. The van der Waals surface area contributed by atoms with Crippen molar-refractivity contribution in [3.05, 3.63) is 0 Å². The first-order chi connectivity index (χ1) is 7.99. The van der Waals surface area contributed by atoms with Crippen LogP contribution in [-0.2, 0) is 4.79 Å². The fourth-order valence-corrected chi connectivity index (χ4v) is 2.57. The van der Waals surface area contributed by atoms with Gasteiger partial charge in [0.15, 0.2) is 0 Å². The number of aliphatic hydroxyl groups is 1. The lowest BCUT2D eigenvalue weighted by molar-refractivity contribution is -0.139. The zero-order valence-electron chi connectivity index (χ0n) is 10.6. The van der Waals surface area contributed by atoms with Gasteiger partial charge in [0.05, 0.1) is 17.5 Å². The summed E-state index contributed by atoms with van der Waals surface area (Å²) in [5, 5.41) is 9.06. The fraction of sp³-hybridized carbons (Fsp3) is 0.833. The highest BCUT2D eigenvalue weighted by atomic mass is 32.1. The molecule has 4 nitrogen and oxygen atoms in total. The van der Waals surface area contributed by atoms with E-state index in [0.717, 1.165) is 19.3 Å². The smallest absolute Gasteiger partial charge is 0.233 e. The quantitative estimate of drug-likeness (QED) is 0.695. The molecule has 0 aromatic rings. The molecule has 0 radical (unpaired) electrons. The van der Waals surface area contributed by atoms with Crippen molar-refractivity contribution in [2.75, 3.05) is 13.2 Å². The van der Waals surface area contributed by atoms with E-state index in [0.29, 0.717) is 6.54 Å². The Morgan fingerprint density at radius 3 is 2.41 bits per heavy atom. The zero-order chi connectivity index (χ0) is 13.0. The Hall–Kier alpha value is -0.680. The number of thiocarbonyl (C=S) groups is 1. The van der Waals surface area contributed by atoms with Crippen LogP contribution in [0.2, 0.25) is 0 Å². The van der Waals surface area contributed by atoms with Crippen LogP contribution in [0.3, 0.4) is 0 Å². The highest BCUT2D eigenvalue weighted by Crippen LogP contribution is 2.27. The van der Waals surface area contributed by atoms with Crippen LogP contribution in [-0.4, -0.2) is 40.1 Å². The molecule has 0 heterocycles. The molecule has 5 heteroatoms. The van der Waals surface area contributed by atoms with E-state index in [-0.39, 0.29) is 29.5 Å². The summed E-state index contributed by atoms with van der Waals surface area (Å²) < 4.78 is 0. The highest BCUT2D eigenvalue weighted by molar-refractivity contribution is 7.80. The summed E-state index contributed by atoms with van der Waals surface area (Å²) in [4.78, 5) is 14.4. The van der Waals surface area contributed by atoms with Crippen molar-refractivity contribution >= 4 is 23.1 Å². The Morgan fingerprint density at radius 2 is 2.12 bits per heavy atom. The van der Waals surface area contributed by atoms with Gasteiger partial charge in [-0.2, -0.15) is 0 Å². The van der Waals surface area contributed by atoms with Crippen molar-refractivity contribution in [1.29, 1.82) is 0 Å². The third-order valence-corrected chi connectivity index (χ3v) is 3.63. The zero-order valence-corrected chi connectivity index (χ0v) is 11.4. The van der Waals surface area contributed by atoms with E-state index in [2.05, 4.69) is 0 Å². The highest BCUT2D eigenvalue weighted by Gasteiger charge is 2.35. The molecule has 1 unspecified atom stereocenters. The minimum absolute atomic E-state index is 0.00954. The van der Waals surface area contributed by atoms with E-state index >= 15 is 0 Å². The molecule has 0 aromatic heterocycles. The number of nitrogens with two attached hydrogens (primary N) is 1. The second-order valence-electron chi connectivity index (χ2n) is 4.96. The molecule has 1 atom stereocenters. The monoisotopic (exact) mass is 258 g/mol. The molecular weight excluding hydrogens is 236 g/mol. The normalized spacial score (nSPS) is 17.6. The van der Waals surface area contributed by atoms with Gasteiger partial charge in [0.1, 0.15) is 0 Å². The summed E-state index contributed by atoms with van der Waals surface area (Å²) in [6.07, 6.45) is 3.20. The Kier molecular flexibility index (Phi) is 5.33. The maximum absolute atomic E-state index is 12.4. The number of amides is 1. The predicted molar refractivity (Wildman–Crippen MR) is 71.6 cm³/mol. The number of hydrogen-bond acceptors (Lipinski definition) is 3. The van der Waals surface area contributed by atoms with Gasteiger partial charge >= 0.3 is 0 Å². The molecule has 1 amide bonds. The van der Waals surface area contributed by atoms with Crippen LogP contribution >= 0.6 is 12.2 Å². The maximum Gasteiger partial charge on any atom is 0.233 e. The number of carbonyl (C=O) groups is 1. The number of carbonyl (C=O) groups excluding carboxylic acids is 1. The van der Waals surface area contributed by atoms with Crippen molar-refractivity contribution in [2.45, 2.75) is 39.2 Å². The van der Waals surface area contributed by atoms with Crippen LogP contribution in [0.4, 0.5) is 0 Å². The molecule has 3 N–H and O–H groups in total. The van der Waals surface area contributed by atoms with E-state index in [1.807, 2.05) is 13.8 Å². The number of hydrogen-bond donors (Lipinski definition) is 2. The van der Waals surface area contributed by atoms with Crippen LogP contribution in [0.25, 0.3) is 0 Å². The first kappa shape index (κ1) is 14.4. The van der Waals surface area contributed by atoms with E-state index in [4.69, 9.17) is 23.1 Å². The van der Waals surface area contributed by atoms with E-state index in [1.165, 1.54) is 0 Å². The minimum atomic E-state index is -0.405. The Balaban J connectivity index is 2.77. The fourth-order valence-electron chi connectivity index (χ4n) is 2.19. The average Bonchev–Trinajstić information content (AvgIpc) is 2.12. The van der Waals surface area contributed by atoms with Gasteiger partial charge < -0.3 is 15.7 Å². The lowest BCUT2D eigenvalue weighted by Crippen LogP contribution is -2.51. The summed E-state index contributed by atoms with van der Waals surface area (Å²) in [5.74, 6) is -0.329. The molecule has 17 heavy (non-hydrogen) atoms. The lowest BCUT2D eigenvalue weighted by atomic mass is 9.88. The van der Waals surface area contributed by atoms with Crippen molar-refractivity contribution < 1.29 is 9.90 Å². The standard InChI is InChI=1S/C12H22N2O2S/c1-8(2)10(11(13)17)12(16)14(6-7-15)9-4-3-5-9/h8-10,15H,3-7H2,1-2H3,(H2,13,17). The van der Waals surface area contributed by atoms with Crippen LogP contribution in [0.1, 0.15) is 33.1 Å². The summed E-state index contributed by atoms with van der Waals surface area (Å²) in [7, 11) is 0. The van der Waals surface area contributed by atoms with Crippen LogP contribution in [0.5, 0.6) is 0 Å². The molecule has 0 spiro atoms. The maximum atomic E-state index is 12.4. The first-order valence-electron chi connectivity index (χ1n) is 6.19. The molecule has 1 rings (SSSR count). The topological polar surface area (TPSA) is 66.6 Å². The first-order valence-corrected chi connectivity index (χ1v) is 6.60. The molecule has 0 bridgehead atoms. The Morgan fingerprint density at radius 1 is 1.53 bits per heavy atom. The van der Waals surface area contributed by atoms with Gasteiger partial charge in [-0.3, -0.25) is 4.79 Å². The minimum Gasteiger partial charge on any atom is -0.395 e. The Labute approximate surface area is 108 Å². The largest absolute Gasteiger partial charge is 0.395 e. The predicted octanol–water partition coefficient (Wildman–Crippen LogP) is 0.918. The van der Waals surface area contributed by atoms with Crippen molar-refractivity contribution in [3.8, 4) is 0 Å². The lowest BCUT2D eigenvalue weighted by Gasteiger charge is -2.39. The van der Waals surface area contributed by atoms with Crippen molar-refractivity contribution in [1.82, 2.24) is 4.90 Å². The third-order valence-electron chi connectivity index (χ3n) is 3.38. The van der Waals surface area contributed by atoms with Crippen molar-refractivity contribution in [3.63, 3.8) is 0 Å².